The maximum Gasteiger partial charge on any atom is 0.315 e. The molecule has 1 heterocycles. The van der Waals surface area contributed by atoms with Gasteiger partial charge in [-0.3, -0.25) is 4.79 Å². The molecule has 0 aliphatic rings. The second-order valence-corrected chi connectivity index (χ2v) is 7.74. The van der Waals surface area contributed by atoms with E-state index >= 15 is 0 Å². The monoisotopic (exact) mass is 404 g/mol. The molecule has 28 heavy (non-hydrogen) atoms. The van der Waals surface area contributed by atoms with Gasteiger partial charge in [-0.05, 0) is 48.2 Å². The number of nitrogens with zero attached hydrogens (tertiary/aromatic N) is 1. The highest BCUT2D eigenvalue weighted by molar-refractivity contribution is 7.89. The summed E-state index contributed by atoms with van der Waals surface area (Å²) in [7, 11) is -3.83. The molecule has 0 aliphatic carbocycles. The lowest BCUT2D eigenvalue weighted by molar-refractivity contribution is -0.139. The highest BCUT2D eigenvalue weighted by Gasteiger charge is 2.24. The molecule has 9 heteroatoms. The summed E-state index contributed by atoms with van der Waals surface area (Å²) in [4.78, 5) is 15.3. The number of aromatic nitrogens is 1. The number of oxazole rings is 1. The second-order valence-electron chi connectivity index (χ2n) is 6.18. The van der Waals surface area contributed by atoms with Gasteiger partial charge >= 0.3 is 5.97 Å². The van der Waals surface area contributed by atoms with Gasteiger partial charge in [-0.2, -0.15) is 0 Å². The first kappa shape index (κ1) is 19.7. The van der Waals surface area contributed by atoms with Crippen LogP contribution in [0.15, 0.2) is 64.2 Å². The number of primary sulfonamides is 1. The van der Waals surface area contributed by atoms with Gasteiger partial charge in [-0.15, -0.1) is 0 Å². The number of carbonyl (C=O) groups is 1. The number of hydrogen-bond donors (Lipinski definition) is 2. The summed E-state index contributed by atoms with van der Waals surface area (Å²) in [6.07, 6.45) is 3.28. The van der Waals surface area contributed by atoms with E-state index in [-0.39, 0.29) is 22.8 Å². The molecule has 1 aromatic heterocycles. The predicted molar refractivity (Wildman–Crippen MR) is 98.4 cm³/mol. The minimum atomic E-state index is -3.83. The Kier molecular flexibility index (Phi) is 5.57. The summed E-state index contributed by atoms with van der Waals surface area (Å²) in [6, 6.07) is 10.0. The van der Waals surface area contributed by atoms with E-state index in [0.717, 1.165) is 5.56 Å². The summed E-state index contributed by atoms with van der Waals surface area (Å²) in [5.41, 5.74) is 1.49. The number of rotatable bonds is 7. The third-order valence-corrected chi connectivity index (χ3v) is 5.22. The summed E-state index contributed by atoms with van der Waals surface area (Å²) in [5.74, 6) is -2.32. The van der Waals surface area contributed by atoms with Gasteiger partial charge in [0.2, 0.25) is 15.9 Å². The van der Waals surface area contributed by atoms with Gasteiger partial charge in [0.25, 0.3) is 0 Å². The van der Waals surface area contributed by atoms with Crippen LogP contribution in [0.4, 0.5) is 4.39 Å². The molecule has 0 amide bonds. The molecule has 0 saturated heterocycles. The topological polar surface area (TPSA) is 123 Å². The Morgan fingerprint density at radius 2 is 1.93 bits per heavy atom. The van der Waals surface area contributed by atoms with Crippen molar-refractivity contribution in [3.63, 3.8) is 0 Å². The number of aryl methyl sites for hydroxylation is 1. The summed E-state index contributed by atoms with van der Waals surface area (Å²) in [5, 5.41) is 14.4. The van der Waals surface area contributed by atoms with Crippen molar-refractivity contribution in [2.75, 3.05) is 0 Å². The first-order chi connectivity index (χ1) is 13.3. The molecular weight excluding hydrogens is 387 g/mol. The fraction of sp³-hybridized carbons (Fsp3) is 0.158. The van der Waals surface area contributed by atoms with Gasteiger partial charge in [-0.25, -0.2) is 22.9 Å². The van der Waals surface area contributed by atoms with Crippen LogP contribution in [0.25, 0.3) is 11.1 Å². The van der Waals surface area contributed by atoms with E-state index in [2.05, 4.69) is 4.98 Å². The highest BCUT2D eigenvalue weighted by atomic mass is 32.2. The lowest BCUT2D eigenvalue weighted by Crippen LogP contribution is -2.13. The van der Waals surface area contributed by atoms with Gasteiger partial charge in [0.15, 0.2) is 0 Å². The molecule has 0 saturated carbocycles. The molecule has 146 valence electrons. The fourth-order valence-electron chi connectivity index (χ4n) is 2.84. The van der Waals surface area contributed by atoms with E-state index in [9.17, 15) is 22.7 Å². The second kappa shape index (κ2) is 7.91. The molecule has 0 bridgehead atoms. The van der Waals surface area contributed by atoms with Crippen LogP contribution in [0.5, 0.6) is 0 Å². The molecule has 3 aromatic rings. The Morgan fingerprint density at radius 1 is 1.21 bits per heavy atom. The fourth-order valence-corrected chi connectivity index (χ4v) is 3.36. The first-order valence-electron chi connectivity index (χ1n) is 8.29. The molecule has 0 aliphatic heterocycles. The predicted octanol–water partition coefficient (Wildman–Crippen LogP) is 2.93. The van der Waals surface area contributed by atoms with Crippen molar-refractivity contribution >= 4 is 16.0 Å². The zero-order valence-corrected chi connectivity index (χ0v) is 15.4. The maximum absolute atomic E-state index is 14.3. The summed E-state index contributed by atoms with van der Waals surface area (Å²) in [6.45, 7) is 0. The van der Waals surface area contributed by atoms with Crippen LogP contribution in [-0.4, -0.2) is 24.5 Å². The number of nitrogens with two attached hydrogens (primary N) is 1. The molecule has 2 aromatic carbocycles. The number of halogens is 1. The van der Waals surface area contributed by atoms with Crippen molar-refractivity contribution in [2.24, 2.45) is 5.14 Å². The molecule has 3 rings (SSSR count). The quantitative estimate of drug-likeness (QED) is 0.624. The Bertz CT molecular complexity index is 1080. The summed E-state index contributed by atoms with van der Waals surface area (Å²) < 4.78 is 42.1. The minimum absolute atomic E-state index is 0.0666. The van der Waals surface area contributed by atoms with E-state index in [1.54, 1.807) is 12.1 Å². The number of carboxylic acid groups (broad SMARTS) is 1. The van der Waals surface area contributed by atoms with Gasteiger partial charge in [0.1, 0.15) is 18.0 Å². The van der Waals surface area contributed by atoms with E-state index < -0.39 is 27.7 Å². The Labute approximate surface area is 160 Å². The summed E-state index contributed by atoms with van der Waals surface area (Å²) >= 11 is 0. The standard InChI is InChI=1S/C19H17FN2O5S/c20-17-8-2-12(1-7-15(19(23)24)18-22-9-10-27-18)11-16(17)13-3-5-14(6-4-13)28(21,25)26/h2-6,8-11,15H,1,7H2,(H,23,24)(H2,21,25,26). The molecule has 1 atom stereocenters. The molecule has 1 unspecified atom stereocenters. The van der Waals surface area contributed by atoms with Gasteiger partial charge < -0.3 is 9.52 Å². The molecule has 0 radical (unpaired) electrons. The lowest BCUT2D eigenvalue weighted by Gasteiger charge is -2.11. The van der Waals surface area contributed by atoms with Crippen molar-refractivity contribution in [3.05, 3.63) is 72.2 Å². The van der Waals surface area contributed by atoms with Crippen LogP contribution in [0.1, 0.15) is 23.8 Å². The SMILES string of the molecule is NS(=O)(=O)c1ccc(-c2cc(CCC(C(=O)O)c3ncco3)ccc2F)cc1. The Balaban J connectivity index is 1.82. The molecule has 7 nitrogen and oxygen atoms in total. The van der Waals surface area contributed by atoms with E-state index in [4.69, 9.17) is 9.56 Å². The van der Waals surface area contributed by atoms with Crippen LogP contribution in [-0.2, 0) is 21.2 Å². The van der Waals surface area contributed by atoms with Crippen molar-refractivity contribution < 1.29 is 27.1 Å². The number of aliphatic carboxylic acids is 1. The number of benzene rings is 2. The first-order valence-corrected chi connectivity index (χ1v) is 9.84. The van der Waals surface area contributed by atoms with Crippen LogP contribution < -0.4 is 5.14 Å². The van der Waals surface area contributed by atoms with E-state index in [0.29, 0.717) is 12.0 Å². The lowest BCUT2D eigenvalue weighted by atomic mass is 9.96. The zero-order valence-electron chi connectivity index (χ0n) is 14.6. The van der Waals surface area contributed by atoms with Crippen LogP contribution in [0.3, 0.4) is 0 Å². The average Bonchev–Trinajstić information content (AvgIpc) is 3.16. The largest absolute Gasteiger partial charge is 0.481 e. The average molecular weight is 404 g/mol. The highest BCUT2D eigenvalue weighted by Crippen LogP contribution is 2.27. The van der Waals surface area contributed by atoms with Crippen LogP contribution in [0, 0.1) is 5.82 Å². The Hall–Kier alpha value is -3.04. The molecule has 0 spiro atoms. The normalized spacial score (nSPS) is 12.6. The van der Waals surface area contributed by atoms with Crippen molar-refractivity contribution in [3.8, 4) is 11.1 Å². The molecule has 0 fully saturated rings. The third kappa shape index (κ3) is 4.44. The van der Waals surface area contributed by atoms with Gasteiger partial charge in [-0.1, -0.05) is 18.2 Å². The molecule has 3 N–H and O–H groups in total. The number of hydrogen-bond acceptors (Lipinski definition) is 5. The third-order valence-electron chi connectivity index (χ3n) is 4.29. The zero-order chi connectivity index (χ0) is 20.3. The van der Waals surface area contributed by atoms with Gasteiger partial charge in [0.05, 0.1) is 11.1 Å². The van der Waals surface area contributed by atoms with Gasteiger partial charge in [0, 0.05) is 5.56 Å². The number of carboxylic acids is 1. The number of sulfonamides is 1. The van der Waals surface area contributed by atoms with E-state index in [1.165, 1.54) is 42.8 Å². The van der Waals surface area contributed by atoms with Crippen molar-refractivity contribution in [2.45, 2.75) is 23.7 Å². The minimum Gasteiger partial charge on any atom is -0.481 e. The Morgan fingerprint density at radius 3 is 2.50 bits per heavy atom. The maximum atomic E-state index is 14.3. The van der Waals surface area contributed by atoms with E-state index in [1.807, 2.05) is 0 Å². The smallest absolute Gasteiger partial charge is 0.315 e. The van der Waals surface area contributed by atoms with Crippen LogP contribution >= 0.6 is 0 Å². The van der Waals surface area contributed by atoms with Crippen molar-refractivity contribution in [1.29, 1.82) is 0 Å². The van der Waals surface area contributed by atoms with Crippen LogP contribution in [0.2, 0.25) is 0 Å². The van der Waals surface area contributed by atoms with Crippen molar-refractivity contribution in [1.82, 2.24) is 4.98 Å². The molecular formula is C19H17FN2O5S.